The minimum atomic E-state index is 0.219. The molecule has 1 aliphatic heterocycles. The molecule has 1 saturated heterocycles. The van der Waals surface area contributed by atoms with Crippen molar-refractivity contribution in [2.45, 2.75) is 31.6 Å². The Morgan fingerprint density at radius 3 is 3.00 bits per heavy atom. The lowest BCUT2D eigenvalue weighted by atomic mass is 9.76. The Balaban J connectivity index is 2.25. The Hall–Kier alpha value is -1.28. The molecule has 1 fully saturated rings. The maximum atomic E-state index is 9.70. The van der Waals surface area contributed by atoms with Crippen molar-refractivity contribution in [3.63, 3.8) is 0 Å². The zero-order chi connectivity index (χ0) is 13.0. The molecule has 1 atom stereocenters. The normalized spacial score (nSPS) is 24.3. The van der Waals surface area contributed by atoms with Crippen LogP contribution in [0.25, 0.3) is 0 Å². The Morgan fingerprint density at radius 2 is 2.33 bits per heavy atom. The summed E-state index contributed by atoms with van der Waals surface area (Å²) in [4.78, 5) is 2.45. The molecular weight excluding hydrogens is 222 g/mol. The first-order chi connectivity index (χ1) is 8.70. The molecule has 0 spiro atoms. The van der Waals surface area contributed by atoms with Gasteiger partial charge in [0.25, 0.3) is 0 Å². The van der Waals surface area contributed by atoms with E-state index in [9.17, 15) is 5.11 Å². The summed E-state index contributed by atoms with van der Waals surface area (Å²) < 4.78 is 0. The van der Waals surface area contributed by atoms with Crippen molar-refractivity contribution in [2.24, 2.45) is 0 Å². The number of hydrogen-bond donors (Lipinski definition) is 1. The molecule has 0 aliphatic carbocycles. The molecule has 0 radical (unpaired) electrons. The van der Waals surface area contributed by atoms with E-state index >= 15 is 0 Å². The van der Waals surface area contributed by atoms with Crippen LogP contribution in [0.2, 0.25) is 0 Å². The number of phenolic OH excluding ortho intramolecular Hbond substituents is 1. The zero-order valence-corrected chi connectivity index (χ0v) is 11.2. The number of likely N-dealkylation sites (tertiary alicyclic amines) is 1. The number of rotatable bonds is 5. The first kappa shape index (κ1) is 13.2. The van der Waals surface area contributed by atoms with Crippen LogP contribution >= 0.6 is 0 Å². The molecule has 1 N–H and O–H groups in total. The van der Waals surface area contributed by atoms with Crippen LogP contribution in [0.3, 0.4) is 0 Å². The summed E-state index contributed by atoms with van der Waals surface area (Å²) in [6, 6.07) is 7.80. The summed E-state index contributed by atoms with van der Waals surface area (Å²) >= 11 is 0. The highest BCUT2D eigenvalue weighted by Crippen LogP contribution is 2.39. The van der Waals surface area contributed by atoms with Gasteiger partial charge in [0.15, 0.2) is 0 Å². The second-order valence-corrected chi connectivity index (χ2v) is 5.35. The van der Waals surface area contributed by atoms with E-state index in [1.165, 1.54) is 24.8 Å². The van der Waals surface area contributed by atoms with Crippen molar-refractivity contribution in [2.75, 3.05) is 19.6 Å². The van der Waals surface area contributed by atoms with E-state index in [-0.39, 0.29) is 5.41 Å². The Bertz CT molecular complexity index is 415. The van der Waals surface area contributed by atoms with Crippen molar-refractivity contribution < 1.29 is 5.11 Å². The fourth-order valence-electron chi connectivity index (χ4n) is 3.20. The molecule has 2 heteroatoms. The summed E-state index contributed by atoms with van der Waals surface area (Å²) in [5.74, 6) is 0.380. The van der Waals surface area contributed by atoms with Crippen molar-refractivity contribution >= 4 is 0 Å². The van der Waals surface area contributed by atoms with Crippen LogP contribution < -0.4 is 0 Å². The first-order valence-electron chi connectivity index (χ1n) is 6.83. The summed E-state index contributed by atoms with van der Waals surface area (Å²) in [5.41, 5.74) is 1.51. The van der Waals surface area contributed by atoms with Crippen molar-refractivity contribution in [3.8, 4) is 5.75 Å². The maximum absolute atomic E-state index is 9.70. The van der Waals surface area contributed by atoms with Gasteiger partial charge in [-0.25, -0.2) is 0 Å². The highest BCUT2D eigenvalue weighted by molar-refractivity contribution is 5.34. The monoisotopic (exact) mass is 245 g/mol. The molecule has 1 aromatic rings. The SMILES string of the molecule is C=CCN1CC[C@](CCC)(c2cccc(O)c2)C1. The molecule has 0 amide bonds. The second kappa shape index (κ2) is 5.57. The van der Waals surface area contributed by atoms with Gasteiger partial charge in [-0.3, -0.25) is 4.90 Å². The van der Waals surface area contributed by atoms with Gasteiger partial charge in [0.2, 0.25) is 0 Å². The van der Waals surface area contributed by atoms with Gasteiger partial charge in [0, 0.05) is 18.5 Å². The van der Waals surface area contributed by atoms with Gasteiger partial charge < -0.3 is 5.11 Å². The van der Waals surface area contributed by atoms with Gasteiger partial charge in [-0.1, -0.05) is 31.6 Å². The number of nitrogens with zero attached hydrogens (tertiary/aromatic N) is 1. The molecule has 98 valence electrons. The molecule has 1 aliphatic rings. The molecule has 2 nitrogen and oxygen atoms in total. The molecule has 0 bridgehead atoms. The quantitative estimate of drug-likeness (QED) is 0.804. The second-order valence-electron chi connectivity index (χ2n) is 5.35. The number of benzene rings is 1. The van der Waals surface area contributed by atoms with Crippen LogP contribution in [-0.2, 0) is 5.41 Å². The third-order valence-electron chi connectivity index (χ3n) is 4.01. The van der Waals surface area contributed by atoms with E-state index in [0.717, 1.165) is 19.6 Å². The fraction of sp³-hybridized carbons (Fsp3) is 0.500. The molecule has 2 rings (SSSR count). The van der Waals surface area contributed by atoms with E-state index < -0.39 is 0 Å². The molecule has 0 saturated carbocycles. The Labute approximate surface area is 110 Å². The minimum Gasteiger partial charge on any atom is -0.508 e. The van der Waals surface area contributed by atoms with E-state index in [4.69, 9.17) is 0 Å². The maximum Gasteiger partial charge on any atom is 0.115 e. The van der Waals surface area contributed by atoms with Crippen LogP contribution in [0.5, 0.6) is 5.75 Å². The van der Waals surface area contributed by atoms with Gasteiger partial charge >= 0.3 is 0 Å². The predicted molar refractivity (Wildman–Crippen MR) is 75.9 cm³/mol. The summed E-state index contributed by atoms with van der Waals surface area (Å²) in [5, 5.41) is 9.70. The van der Waals surface area contributed by atoms with Gasteiger partial charge in [0.05, 0.1) is 0 Å². The topological polar surface area (TPSA) is 23.5 Å². The molecule has 1 aromatic carbocycles. The number of aromatic hydroxyl groups is 1. The summed E-state index contributed by atoms with van der Waals surface area (Å²) in [6.07, 6.45) is 5.52. The smallest absolute Gasteiger partial charge is 0.115 e. The summed E-state index contributed by atoms with van der Waals surface area (Å²) in [7, 11) is 0. The molecule has 1 heterocycles. The Kier molecular flexibility index (Phi) is 4.07. The Morgan fingerprint density at radius 1 is 1.50 bits per heavy atom. The van der Waals surface area contributed by atoms with Gasteiger partial charge in [-0.05, 0) is 37.1 Å². The fourth-order valence-corrected chi connectivity index (χ4v) is 3.20. The lowest BCUT2D eigenvalue weighted by molar-refractivity contribution is 0.326. The van der Waals surface area contributed by atoms with Crippen molar-refractivity contribution in [3.05, 3.63) is 42.5 Å². The van der Waals surface area contributed by atoms with Crippen LogP contribution in [-0.4, -0.2) is 29.6 Å². The minimum absolute atomic E-state index is 0.219. The van der Waals surface area contributed by atoms with Gasteiger partial charge in [0.1, 0.15) is 5.75 Å². The van der Waals surface area contributed by atoms with Crippen molar-refractivity contribution in [1.29, 1.82) is 0 Å². The first-order valence-corrected chi connectivity index (χ1v) is 6.83. The zero-order valence-electron chi connectivity index (χ0n) is 11.2. The average Bonchev–Trinajstić information content (AvgIpc) is 2.75. The standard InChI is InChI=1S/C16H23NO/c1-3-8-16(9-11-17(13-16)10-4-2)14-6-5-7-15(18)12-14/h4-7,12,18H,2-3,8-11,13H2,1H3/t16-/m0/s1. The highest BCUT2D eigenvalue weighted by atomic mass is 16.3. The van der Waals surface area contributed by atoms with Gasteiger partial charge in [-0.2, -0.15) is 0 Å². The van der Waals surface area contributed by atoms with Crippen LogP contribution in [0.1, 0.15) is 31.7 Å². The van der Waals surface area contributed by atoms with E-state index in [0.29, 0.717) is 5.75 Å². The van der Waals surface area contributed by atoms with Crippen molar-refractivity contribution in [1.82, 2.24) is 4.90 Å². The van der Waals surface area contributed by atoms with Crippen LogP contribution in [0, 0.1) is 0 Å². The lowest BCUT2D eigenvalue weighted by Crippen LogP contribution is -2.31. The molecular formula is C16H23NO. The van der Waals surface area contributed by atoms with E-state index in [1.54, 1.807) is 6.07 Å². The van der Waals surface area contributed by atoms with Crippen LogP contribution in [0.15, 0.2) is 36.9 Å². The highest BCUT2D eigenvalue weighted by Gasteiger charge is 2.38. The lowest BCUT2D eigenvalue weighted by Gasteiger charge is -2.30. The van der Waals surface area contributed by atoms with Crippen LogP contribution in [0.4, 0.5) is 0 Å². The van der Waals surface area contributed by atoms with E-state index in [1.807, 2.05) is 18.2 Å². The third-order valence-corrected chi connectivity index (χ3v) is 4.01. The number of hydrogen-bond acceptors (Lipinski definition) is 2. The molecule has 0 aromatic heterocycles. The average molecular weight is 245 g/mol. The van der Waals surface area contributed by atoms with E-state index in [2.05, 4.69) is 24.5 Å². The molecule has 0 unspecified atom stereocenters. The largest absolute Gasteiger partial charge is 0.508 e. The predicted octanol–water partition coefficient (Wildman–Crippen LogP) is 3.32. The molecule has 18 heavy (non-hydrogen) atoms. The third kappa shape index (κ3) is 2.59. The summed E-state index contributed by atoms with van der Waals surface area (Å²) in [6.45, 7) is 9.23. The van der Waals surface area contributed by atoms with Gasteiger partial charge in [-0.15, -0.1) is 6.58 Å². The number of phenols is 1.